The maximum atomic E-state index is 12.4. The van der Waals surface area contributed by atoms with Gasteiger partial charge in [0, 0.05) is 32.1 Å². The van der Waals surface area contributed by atoms with Gasteiger partial charge in [0.05, 0.1) is 35.2 Å². The first-order valence-electron chi connectivity index (χ1n) is 9.15. The van der Waals surface area contributed by atoms with E-state index >= 15 is 0 Å². The first-order chi connectivity index (χ1) is 13.2. The lowest BCUT2D eigenvalue weighted by molar-refractivity contribution is 0.0374. The number of thiophene rings is 1. The zero-order chi connectivity index (χ0) is 19.1. The predicted molar refractivity (Wildman–Crippen MR) is 112 cm³/mol. The van der Waals surface area contributed by atoms with E-state index in [2.05, 4.69) is 21.9 Å². The van der Waals surface area contributed by atoms with Gasteiger partial charge in [-0.1, -0.05) is 12.1 Å². The van der Waals surface area contributed by atoms with Gasteiger partial charge in [-0.3, -0.25) is 14.7 Å². The van der Waals surface area contributed by atoms with Gasteiger partial charge >= 0.3 is 0 Å². The highest BCUT2D eigenvalue weighted by molar-refractivity contribution is 7.12. The van der Waals surface area contributed by atoms with Crippen molar-refractivity contribution in [1.29, 1.82) is 0 Å². The van der Waals surface area contributed by atoms with Crippen LogP contribution in [0.3, 0.4) is 0 Å². The van der Waals surface area contributed by atoms with Gasteiger partial charge in [-0.2, -0.15) is 0 Å². The molecule has 144 valence electrons. The summed E-state index contributed by atoms with van der Waals surface area (Å²) < 4.78 is 5.35. The minimum atomic E-state index is -0.0169. The molecular formula is C20H26N4O2S. The molecule has 1 aromatic heterocycles. The Balaban J connectivity index is 1.52. The third-order valence-electron chi connectivity index (χ3n) is 4.65. The Morgan fingerprint density at radius 3 is 2.93 bits per heavy atom. The maximum absolute atomic E-state index is 12.4. The second-order valence-electron chi connectivity index (χ2n) is 6.44. The molecule has 0 saturated carbocycles. The number of para-hydroxylation sites is 2. The normalized spacial score (nSPS) is 14.7. The molecule has 2 aromatic rings. The maximum Gasteiger partial charge on any atom is 0.261 e. The third kappa shape index (κ3) is 5.15. The van der Waals surface area contributed by atoms with Gasteiger partial charge in [-0.25, -0.2) is 0 Å². The summed E-state index contributed by atoms with van der Waals surface area (Å²) in [5.41, 5.74) is 2.75. The van der Waals surface area contributed by atoms with Crippen LogP contribution < -0.4 is 10.2 Å². The third-order valence-corrected chi connectivity index (χ3v) is 5.57. The van der Waals surface area contributed by atoms with Gasteiger partial charge in [-0.15, -0.1) is 11.3 Å². The van der Waals surface area contributed by atoms with E-state index in [-0.39, 0.29) is 5.91 Å². The summed E-state index contributed by atoms with van der Waals surface area (Å²) in [6.07, 6.45) is 0.947. The average molecular weight is 387 g/mol. The SMILES string of the molecule is C=Nc1ccccc1N(C)c1csc(C(=O)NCCCN2CCOCC2)c1. The first-order valence-corrected chi connectivity index (χ1v) is 10.0. The highest BCUT2D eigenvalue weighted by Crippen LogP contribution is 2.34. The van der Waals surface area contributed by atoms with Crippen LogP contribution in [0, 0.1) is 0 Å². The second kappa shape index (κ2) is 9.64. The molecule has 0 spiro atoms. The zero-order valence-electron chi connectivity index (χ0n) is 15.7. The number of amides is 1. The fourth-order valence-electron chi connectivity index (χ4n) is 3.06. The minimum Gasteiger partial charge on any atom is -0.379 e. The molecule has 1 saturated heterocycles. The molecule has 1 amide bonds. The summed E-state index contributed by atoms with van der Waals surface area (Å²) in [4.78, 5) is 21.6. The molecular weight excluding hydrogens is 360 g/mol. The molecule has 1 aliphatic heterocycles. The molecule has 0 bridgehead atoms. The van der Waals surface area contributed by atoms with Crippen LogP contribution in [-0.2, 0) is 4.74 Å². The Labute approximate surface area is 164 Å². The number of morpholine rings is 1. The largest absolute Gasteiger partial charge is 0.379 e. The van der Waals surface area contributed by atoms with Crippen LogP contribution in [0.15, 0.2) is 40.7 Å². The molecule has 2 heterocycles. The Kier molecular flexibility index (Phi) is 6.98. The van der Waals surface area contributed by atoms with Gasteiger partial charge in [0.2, 0.25) is 0 Å². The van der Waals surface area contributed by atoms with Crippen molar-refractivity contribution < 1.29 is 9.53 Å². The Morgan fingerprint density at radius 1 is 1.37 bits per heavy atom. The molecule has 0 aliphatic carbocycles. The zero-order valence-corrected chi connectivity index (χ0v) is 16.5. The highest BCUT2D eigenvalue weighted by Gasteiger charge is 2.14. The quantitative estimate of drug-likeness (QED) is 0.559. The fourth-order valence-corrected chi connectivity index (χ4v) is 3.90. The summed E-state index contributed by atoms with van der Waals surface area (Å²) >= 11 is 1.45. The summed E-state index contributed by atoms with van der Waals surface area (Å²) in [6.45, 7) is 8.88. The Bertz CT molecular complexity index is 771. The van der Waals surface area contributed by atoms with E-state index in [9.17, 15) is 4.79 Å². The lowest BCUT2D eigenvalue weighted by Crippen LogP contribution is -2.38. The number of nitrogens with one attached hydrogen (secondary N) is 1. The van der Waals surface area contributed by atoms with Gasteiger partial charge in [0.15, 0.2) is 0 Å². The first kappa shape index (κ1) is 19.5. The van der Waals surface area contributed by atoms with E-state index < -0.39 is 0 Å². The molecule has 1 aliphatic rings. The summed E-state index contributed by atoms with van der Waals surface area (Å²) in [5, 5.41) is 5.01. The van der Waals surface area contributed by atoms with Crippen molar-refractivity contribution in [2.45, 2.75) is 6.42 Å². The van der Waals surface area contributed by atoms with E-state index in [1.165, 1.54) is 11.3 Å². The molecule has 1 aromatic carbocycles. The molecule has 0 atom stereocenters. The van der Waals surface area contributed by atoms with Crippen molar-refractivity contribution in [3.8, 4) is 0 Å². The molecule has 1 fully saturated rings. The smallest absolute Gasteiger partial charge is 0.261 e. The molecule has 1 N–H and O–H groups in total. The van der Waals surface area contributed by atoms with Crippen LogP contribution in [0.1, 0.15) is 16.1 Å². The van der Waals surface area contributed by atoms with Gasteiger partial charge < -0.3 is 15.0 Å². The van der Waals surface area contributed by atoms with E-state index in [0.717, 1.165) is 56.3 Å². The van der Waals surface area contributed by atoms with Gasteiger partial charge in [0.25, 0.3) is 5.91 Å². The molecule has 7 heteroatoms. The Hall–Kier alpha value is -2.22. The number of aliphatic imine (C=N–C) groups is 1. The molecule has 6 nitrogen and oxygen atoms in total. The van der Waals surface area contributed by atoms with Crippen LogP contribution in [-0.4, -0.2) is 64.0 Å². The van der Waals surface area contributed by atoms with Crippen molar-refractivity contribution in [2.75, 3.05) is 51.3 Å². The average Bonchev–Trinajstić information content (AvgIpc) is 3.21. The number of nitrogens with zero attached hydrogens (tertiary/aromatic N) is 3. The number of hydrogen-bond acceptors (Lipinski definition) is 6. The topological polar surface area (TPSA) is 57.2 Å². The van der Waals surface area contributed by atoms with E-state index in [0.29, 0.717) is 11.4 Å². The van der Waals surface area contributed by atoms with Crippen LogP contribution in [0.5, 0.6) is 0 Å². The van der Waals surface area contributed by atoms with Crippen molar-refractivity contribution >= 4 is 41.0 Å². The number of benzene rings is 1. The number of anilines is 2. The van der Waals surface area contributed by atoms with Crippen LogP contribution in [0.4, 0.5) is 17.1 Å². The predicted octanol–water partition coefficient (Wildman–Crippen LogP) is 3.30. The molecule has 0 unspecified atom stereocenters. The lowest BCUT2D eigenvalue weighted by atomic mass is 10.2. The second-order valence-corrected chi connectivity index (χ2v) is 7.35. The molecule has 3 rings (SSSR count). The van der Waals surface area contributed by atoms with Crippen LogP contribution in [0.2, 0.25) is 0 Å². The van der Waals surface area contributed by atoms with Crippen molar-refractivity contribution in [3.05, 3.63) is 40.6 Å². The minimum absolute atomic E-state index is 0.0169. The van der Waals surface area contributed by atoms with Gasteiger partial charge in [0.1, 0.15) is 0 Å². The Morgan fingerprint density at radius 2 is 2.15 bits per heavy atom. The lowest BCUT2D eigenvalue weighted by Gasteiger charge is -2.26. The van der Waals surface area contributed by atoms with Crippen molar-refractivity contribution in [1.82, 2.24) is 10.2 Å². The number of rotatable bonds is 8. The van der Waals surface area contributed by atoms with Crippen molar-refractivity contribution in [3.63, 3.8) is 0 Å². The number of carbonyl (C=O) groups is 1. The van der Waals surface area contributed by atoms with Crippen LogP contribution >= 0.6 is 11.3 Å². The van der Waals surface area contributed by atoms with Crippen LogP contribution in [0.25, 0.3) is 0 Å². The molecule has 27 heavy (non-hydrogen) atoms. The van der Waals surface area contributed by atoms with E-state index in [1.807, 2.05) is 47.7 Å². The summed E-state index contributed by atoms with van der Waals surface area (Å²) in [5.74, 6) is -0.0169. The van der Waals surface area contributed by atoms with Crippen molar-refractivity contribution in [2.24, 2.45) is 4.99 Å². The van der Waals surface area contributed by atoms with Gasteiger partial charge in [-0.05, 0) is 37.9 Å². The summed E-state index contributed by atoms with van der Waals surface area (Å²) in [7, 11) is 1.97. The van der Waals surface area contributed by atoms with E-state index in [4.69, 9.17) is 4.74 Å². The molecule has 0 radical (unpaired) electrons. The number of hydrogen-bond donors (Lipinski definition) is 1. The number of ether oxygens (including phenoxy) is 1. The monoisotopic (exact) mass is 386 g/mol. The van der Waals surface area contributed by atoms with E-state index in [1.54, 1.807) is 0 Å². The highest BCUT2D eigenvalue weighted by atomic mass is 32.1. The summed E-state index contributed by atoms with van der Waals surface area (Å²) in [6, 6.07) is 9.74. The standard InChI is InChI=1S/C20H26N4O2S/c1-21-17-6-3-4-7-18(17)23(2)16-14-19(27-15-16)20(25)22-8-5-9-24-10-12-26-13-11-24/h3-4,6-7,14-15H,1,5,8-13H2,2H3,(H,22,25). The fraction of sp³-hybridized carbons (Fsp3) is 0.400. The number of carbonyl (C=O) groups excluding carboxylic acids is 1.